The summed E-state index contributed by atoms with van der Waals surface area (Å²) in [5.41, 5.74) is 1.28. The molecule has 6 heteroatoms. The monoisotopic (exact) mass is 307 g/mol. The molecule has 0 saturated carbocycles. The molecule has 0 spiro atoms. The van der Waals surface area contributed by atoms with Gasteiger partial charge >= 0.3 is 5.97 Å². The highest BCUT2D eigenvalue weighted by atomic mass is 32.2. The Labute approximate surface area is 127 Å². The zero-order valence-electron chi connectivity index (χ0n) is 11.7. The number of rotatable bonds is 4. The fourth-order valence-corrected chi connectivity index (χ4v) is 3.94. The molecule has 0 bridgehead atoms. The summed E-state index contributed by atoms with van der Waals surface area (Å²) in [6, 6.07) is 4.44. The standard InChI is InChI=1S/C15H17NO4S/c1-3-5-10-6-4-7-11(13(10)18)14-16(9(2)17)12(8-21-14)15(19)20/h3-4,6-7,12,14,18H,1,5,8H2,2H3,(H,19,20). The van der Waals surface area contributed by atoms with Crippen LogP contribution in [0.1, 0.15) is 23.4 Å². The highest BCUT2D eigenvalue weighted by Gasteiger charge is 2.42. The van der Waals surface area contributed by atoms with Gasteiger partial charge in [0.05, 0.1) is 0 Å². The Morgan fingerprint density at radius 3 is 2.81 bits per heavy atom. The van der Waals surface area contributed by atoms with E-state index in [2.05, 4.69) is 6.58 Å². The number of carbonyl (C=O) groups is 2. The first kappa shape index (κ1) is 15.4. The molecule has 1 aliphatic rings. The predicted molar refractivity (Wildman–Crippen MR) is 81.2 cm³/mol. The summed E-state index contributed by atoms with van der Waals surface area (Å²) < 4.78 is 0. The maximum Gasteiger partial charge on any atom is 0.327 e. The van der Waals surface area contributed by atoms with Crippen LogP contribution in [0.5, 0.6) is 5.75 Å². The van der Waals surface area contributed by atoms with E-state index in [9.17, 15) is 19.8 Å². The number of aromatic hydroxyl groups is 1. The number of carboxylic acid groups (broad SMARTS) is 1. The summed E-state index contributed by atoms with van der Waals surface area (Å²) in [5.74, 6) is -0.926. The predicted octanol–water partition coefficient (Wildman–Crippen LogP) is 2.17. The summed E-state index contributed by atoms with van der Waals surface area (Å²) in [6.45, 7) is 4.99. The van der Waals surface area contributed by atoms with Gasteiger partial charge in [-0.15, -0.1) is 18.3 Å². The summed E-state index contributed by atoms with van der Waals surface area (Å²) >= 11 is 1.35. The molecule has 0 radical (unpaired) electrons. The lowest BCUT2D eigenvalue weighted by Crippen LogP contribution is -2.41. The van der Waals surface area contributed by atoms with E-state index >= 15 is 0 Å². The summed E-state index contributed by atoms with van der Waals surface area (Å²) in [7, 11) is 0. The third-order valence-electron chi connectivity index (χ3n) is 3.43. The van der Waals surface area contributed by atoms with E-state index in [0.717, 1.165) is 0 Å². The Kier molecular flexibility index (Phi) is 4.57. The van der Waals surface area contributed by atoms with E-state index in [4.69, 9.17) is 0 Å². The van der Waals surface area contributed by atoms with Gasteiger partial charge in [0.1, 0.15) is 17.2 Å². The van der Waals surface area contributed by atoms with Gasteiger partial charge < -0.3 is 15.1 Å². The van der Waals surface area contributed by atoms with Crippen molar-refractivity contribution in [2.75, 3.05) is 5.75 Å². The van der Waals surface area contributed by atoms with Crippen LogP contribution in [0, 0.1) is 0 Å². The smallest absolute Gasteiger partial charge is 0.327 e. The molecular weight excluding hydrogens is 290 g/mol. The quantitative estimate of drug-likeness (QED) is 0.834. The molecule has 1 aromatic rings. The van der Waals surface area contributed by atoms with Gasteiger partial charge in [-0.05, 0) is 12.0 Å². The second-order valence-electron chi connectivity index (χ2n) is 4.81. The highest BCUT2D eigenvalue weighted by molar-refractivity contribution is 7.99. The van der Waals surface area contributed by atoms with Gasteiger partial charge in [0.25, 0.3) is 0 Å². The first-order chi connectivity index (χ1) is 9.97. The topological polar surface area (TPSA) is 77.8 Å². The number of aliphatic carboxylic acids is 1. The van der Waals surface area contributed by atoms with Crippen LogP contribution in [0.2, 0.25) is 0 Å². The maximum absolute atomic E-state index is 11.8. The van der Waals surface area contributed by atoms with Gasteiger partial charge in [-0.1, -0.05) is 24.3 Å². The van der Waals surface area contributed by atoms with Crippen molar-refractivity contribution in [2.24, 2.45) is 0 Å². The minimum absolute atomic E-state index is 0.104. The van der Waals surface area contributed by atoms with E-state index < -0.39 is 17.4 Å². The van der Waals surface area contributed by atoms with Crippen LogP contribution < -0.4 is 0 Å². The zero-order valence-corrected chi connectivity index (χ0v) is 12.5. The second-order valence-corrected chi connectivity index (χ2v) is 5.93. The molecule has 1 aromatic carbocycles. The molecule has 5 nitrogen and oxygen atoms in total. The van der Waals surface area contributed by atoms with Crippen molar-refractivity contribution < 1.29 is 19.8 Å². The van der Waals surface area contributed by atoms with Crippen LogP contribution >= 0.6 is 11.8 Å². The van der Waals surface area contributed by atoms with E-state index in [0.29, 0.717) is 23.3 Å². The Bertz CT molecular complexity index is 587. The minimum atomic E-state index is -1.03. The number of benzene rings is 1. The Hall–Kier alpha value is -1.95. The Morgan fingerprint density at radius 2 is 2.24 bits per heavy atom. The number of thioether (sulfide) groups is 1. The van der Waals surface area contributed by atoms with Gasteiger partial charge in [0, 0.05) is 18.2 Å². The normalized spacial score (nSPS) is 21.3. The third-order valence-corrected chi connectivity index (χ3v) is 4.74. The van der Waals surface area contributed by atoms with Crippen molar-refractivity contribution >= 4 is 23.6 Å². The number of phenolic OH excluding ortho intramolecular Hbond substituents is 1. The summed E-state index contributed by atoms with van der Waals surface area (Å²) in [5, 5.41) is 19.1. The lowest BCUT2D eigenvalue weighted by Gasteiger charge is -2.27. The number of carbonyl (C=O) groups excluding carboxylic acids is 1. The molecule has 1 aliphatic heterocycles. The fourth-order valence-electron chi connectivity index (χ4n) is 2.45. The van der Waals surface area contributed by atoms with Crippen LogP contribution in [-0.4, -0.2) is 38.8 Å². The molecule has 1 saturated heterocycles. The minimum Gasteiger partial charge on any atom is -0.507 e. The second kappa shape index (κ2) is 6.22. The van der Waals surface area contributed by atoms with Crippen molar-refractivity contribution in [1.29, 1.82) is 0 Å². The van der Waals surface area contributed by atoms with E-state index in [1.165, 1.54) is 23.6 Å². The lowest BCUT2D eigenvalue weighted by molar-refractivity contribution is -0.148. The molecule has 21 heavy (non-hydrogen) atoms. The molecule has 1 fully saturated rings. The Morgan fingerprint density at radius 1 is 1.52 bits per heavy atom. The molecular formula is C15H17NO4S. The average molecular weight is 307 g/mol. The van der Waals surface area contributed by atoms with Crippen molar-refractivity contribution in [1.82, 2.24) is 4.90 Å². The molecule has 1 heterocycles. The third kappa shape index (κ3) is 2.90. The average Bonchev–Trinajstić information content (AvgIpc) is 2.86. The van der Waals surface area contributed by atoms with Crippen molar-refractivity contribution in [3.8, 4) is 5.75 Å². The van der Waals surface area contributed by atoms with Crippen LogP contribution in [-0.2, 0) is 16.0 Å². The number of nitrogens with zero attached hydrogens (tertiary/aromatic N) is 1. The number of amides is 1. The van der Waals surface area contributed by atoms with Crippen molar-refractivity contribution in [3.05, 3.63) is 42.0 Å². The maximum atomic E-state index is 11.8. The molecule has 2 N–H and O–H groups in total. The van der Waals surface area contributed by atoms with Gasteiger partial charge in [-0.25, -0.2) is 4.79 Å². The largest absolute Gasteiger partial charge is 0.507 e. The summed E-state index contributed by atoms with van der Waals surface area (Å²) in [4.78, 5) is 24.4. The van der Waals surface area contributed by atoms with E-state index in [1.807, 2.05) is 0 Å². The number of hydrogen-bond acceptors (Lipinski definition) is 4. The fraction of sp³-hybridized carbons (Fsp3) is 0.333. The first-order valence-electron chi connectivity index (χ1n) is 6.52. The Balaban J connectivity index is 2.41. The lowest BCUT2D eigenvalue weighted by atomic mass is 10.0. The molecule has 1 amide bonds. The van der Waals surface area contributed by atoms with Gasteiger partial charge in [-0.3, -0.25) is 4.79 Å². The van der Waals surface area contributed by atoms with Crippen molar-refractivity contribution in [3.63, 3.8) is 0 Å². The van der Waals surface area contributed by atoms with Gasteiger partial charge in [0.15, 0.2) is 0 Å². The first-order valence-corrected chi connectivity index (χ1v) is 7.57. The van der Waals surface area contributed by atoms with E-state index in [1.54, 1.807) is 24.3 Å². The molecule has 0 aliphatic carbocycles. The number of carboxylic acids is 1. The zero-order chi connectivity index (χ0) is 15.6. The van der Waals surface area contributed by atoms with Crippen molar-refractivity contribution in [2.45, 2.75) is 24.8 Å². The molecule has 112 valence electrons. The number of para-hydroxylation sites is 1. The van der Waals surface area contributed by atoms with Crippen LogP contribution in [0.4, 0.5) is 0 Å². The van der Waals surface area contributed by atoms with E-state index in [-0.39, 0.29) is 11.7 Å². The number of allylic oxidation sites excluding steroid dienone is 1. The van der Waals surface area contributed by atoms with Crippen LogP contribution in [0.15, 0.2) is 30.9 Å². The molecule has 2 unspecified atom stereocenters. The highest BCUT2D eigenvalue weighted by Crippen LogP contribution is 2.45. The SMILES string of the molecule is C=CCc1cccc(C2SCC(C(=O)O)N2C(C)=O)c1O. The molecule has 0 aromatic heterocycles. The molecule has 2 rings (SSSR count). The summed E-state index contributed by atoms with van der Waals surface area (Å²) in [6.07, 6.45) is 2.20. The van der Waals surface area contributed by atoms with Gasteiger partial charge in [0.2, 0.25) is 5.91 Å². The number of hydrogen-bond donors (Lipinski definition) is 2. The number of phenols is 1. The van der Waals surface area contributed by atoms with Gasteiger partial charge in [-0.2, -0.15) is 0 Å². The molecule has 2 atom stereocenters. The van der Waals surface area contributed by atoms with Crippen LogP contribution in [0.25, 0.3) is 0 Å². The van der Waals surface area contributed by atoms with Crippen LogP contribution in [0.3, 0.4) is 0 Å².